The molecular formula is C8H12N2O2S. The highest BCUT2D eigenvalue weighted by Gasteiger charge is 2.34. The van der Waals surface area contributed by atoms with E-state index in [2.05, 4.69) is 5.32 Å². The molecule has 0 spiro atoms. The fourth-order valence-electron chi connectivity index (χ4n) is 1.27. The van der Waals surface area contributed by atoms with Gasteiger partial charge in [-0.3, -0.25) is 9.69 Å². The first-order chi connectivity index (χ1) is 6.07. The number of urea groups is 1. The topological polar surface area (TPSA) is 49.4 Å². The molecule has 1 rings (SSSR count). The number of hydrogen-bond donors (Lipinski definition) is 1. The van der Waals surface area contributed by atoms with Crippen LogP contribution in [0.1, 0.15) is 19.8 Å². The summed E-state index contributed by atoms with van der Waals surface area (Å²) >= 11 is 4.92. The van der Waals surface area contributed by atoms with Gasteiger partial charge in [-0.1, -0.05) is 25.6 Å². The van der Waals surface area contributed by atoms with Crippen molar-refractivity contribution in [2.45, 2.75) is 19.8 Å². The van der Waals surface area contributed by atoms with E-state index in [0.717, 1.165) is 11.3 Å². The number of rotatable bonds is 2. The molecule has 3 amide bonds. The van der Waals surface area contributed by atoms with Gasteiger partial charge in [0.15, 0.2) is 0 Å². The first-order valence-electron chi connectivity index (χ1n) is 4.20. The Kier molecular flexibility index (Phi) is 2.98. The van der Waals surface area contributed by atoms with Crippen LogP contribution in [-0.4, -0.2) is 28.9 Å². The number of carbonyl (C=O) groups is 2. The highest BCUT2D eigenvalue weighted by molar-refractivity contribution is 7.80. The third-order valence-corrected chi connectivity index (χ3v) is 2.44. The van der Waals surface area contributed by atoms with E-state index in [1.807, 2.05) is 6.92 Å². The van der Waals surface area contributed by atoms with Gasteiger partial charge in [0.05, 0.1) is 10.9 Å². The standard InChI is InChI=1S/C8H12N2O2S/c1-3-4-5-6(13)9-8(12)10(2)7(5)11/h5H,3-4H2,1-2H3,(H,9,12,13). The van der Waals surface area contributed by atoms with Crippen molar-refractivity contribution in [1.82, 2.24) is 10.2 Å². The molecule has 1 atom stereocenters. The highest BCUT2D eigenvalue weighted by atomic mass is 32.1. The Labute approximate surface area is 82.3 Å². The van der Waals surface area contributed by atoms with Gasteiger partial charge in [0, 0.05) is 7.05 Å². The summed E-state index contributed by atoms with van der Waals surface area (Å²) in [5, 5.41) is 2.49. The quantitative estimate of drug-likeness (QED) is 0.674. The molecule has 1 unspecified atom stereocenters. The molecule has 0 bridgehead atoms. The summed E-state index contributed by atoms with van der Waals surface area (Å²) in [4.78, 5) is 24.0. The first kappa shape index (κ1) is 10.1. The third-order valence-electron chi connectivity index (χ3n) is 2.06. The van der Waals surface area contributed by atoms with Gasteiger partial charge in [0.1, 0.15) is 0 Å². The Bertz CT molecular complexity index is 265. The van der Waals surface area contributed by atoms with E-state index >= 15 is 0 Å². The van der Waals surface area contributed by atoms with Crippen molar-refractivity contribution in [3.63, 3.8) is 0 Å². The number of carbonyl (C=O) groups excluding carboxylic acids is 2. The molecule has 0 aromatic carbocycles. The molecule has 1 N–H and O–H groups in total. The van der Waals surface area contributed by atoms with Gasteiger partial charge in [0.25, 0.3) is 0 Å². The van der Waals surface area contributed by atoms with Crippen LogP contribution in [0.25, 0.3) is 0 Å². The Morgan fingerprint density at radius 3 is 2.69 bits per heavy atom. The van der Waals surface area contributed by atoms with Crippen LogP contribution in [0.4, 0.5) is 4.79 Å². The molecule has 72 valence electrons. The summed E-state index contributed by atoms with van der Waals surface area (Å²) in [6.45, 7) is 1.98. The zero-order valence-corrected chi connectivity index (χ0v) is 8.48. The third kappa shape index (κ3) is 1.85. The number of imide groups is 1. The minimum Gasteiger partial charge on any atom is -0.301 e. The molecule has 0 radical (unpaired) electrons. The number of nitrogens with one attached hydrogen (secondary N) is 1. The molecule has 4 nitrogen and oxygen atoms in total. The van der Waals surface area contributed by atoms with Crippen molar-refractivity contribution in [2.24, 2.45) is 5.92 Å². The molecule has 1 saturated heterocycles. The van der Waals surface area contributed by atoms with E-state index < -0.39 is 6.03 Å². The predicted octanol–water partition coefficient (Wildman–Crippen LogP) is 0.912. The van der Waals surface area contributed by atoms with Gasteiger partial charge in [-0.2, -0.15) is 0 Å². The molecule has 5 heteroatoms. The Hall–Kier alpha value is -0.970. The SMILES string of the molecule is CCCC1C(=O)N(C)C(=O)NC1=S. The Morgan fingerprint density at radius 1 is 1.54 bits per heavy atom. The molecular weight excluding hydrogens is 188 g/mol. The lowest BCUT2D eigenvalue weighted by atomic mass is 10.0. The molecule has 1 fully saturated rings. The predicted molar refractivity (Wildman–Crippen MR) is 52.3 cm³/mol. The van der Waals surface area contributed by atoms with Crippen LogP contribution in [0.5, 0.6) is 0 Å². The van der Waals surface area contributed by atoms with Crippen molar-refractivity contribution in [2.75, 3.05) is 7.05 Å². The summed E-state index contributed by atoms with van der Waals surface area (Å²) < 4.78 is 0. The number of thiocarbonyl (C=S) groups is 1. The van der Waals surface area contributed by atoms with Crippen molar-refractivity contribution in [1.29, 1.82) is 0 Å². The van der Waals surface area contributed by atoms with Gasteiger partial charge in [-0.15, -0.1) is 0 Å². The second-order valence-electron chi connectivity index (χ2n) is 3.03. The summed E-state index contributed by atoms with van der Waals surface area (Å²) in [5.41, 5.74) is 0. The molecule has 1 heterocycles. The minimum absolute atomic E-state index is 0.199. The van der Waals surface area contributed by atoms with Gasteiger partial charge in [-0.25, -0.2) is 4.79 Å². The zero-order chi connectivity index (χ0) is 10.0. The van der Waals surface area contributed by atoms with Gasteiger partial charge in [-0.05, 0) is 6.42 Å². The van der Waals surface area contributed by atoms with E-state index in [0.29, 0.717) is 11.4 Å². The fourth-order valence-corrected chi connectivity index (χ4v) is 1.57. The zero-order valence-electron chi connectivity index (χ0n) is 7.66. The van der Waals surface area contributed by atoms with E-state index in [-0.39, 0.29) is 11.8 Å². The Balaban J connectivity index is 2.79. The average Bonchev–Trinajstić information content (AvgIpc) is 2.09. The maximum absolute atomic E-state index is 11.5. The molecule has 1 aliphatic rings. The van der Waals surface area contributed by atoms with Crippen LogP contribution >= 0.6 is 12.2 Å². The van der Waals surface area contributed by atoms with Gasteiger partial charge < -0.3 is 5.32 Å². The minimum atomic E-state index is -0.428. The number of hydrogen-bond acceptors (Lipinski definition) is 3. The van der Waals surface area contributed by atoms with Crippen LogP contribution in [0.2, 0.25) is 0 Å². The first-order valence-corrected chi connectivity index (χ1v) is 4.61. The van der Waals surface area contributed by atoms with Crippen LogP contribution in [0, 0.1) is 5.92 Å². The molecule has 1 aliphatic heterocycles. The summed E-state index contributed by atoms with van der Waals surface area (Å²) in [6.07, 6.45) is 1.57. The van der Waals surface area contributed by atoms with Crippen LogP contribution in [0.3, 0.4) is 0 Å². The summed E-state index contributed by atoms with van der Waals surface area (Å²) in [6, 6.07) is -0.428. The van der Waals surface area contributed by atoms with Gasteiger partial charge in [0.2, 0.25) is 5.91 Å². The second-order valence-corrected chi connectivity index (χ2v) is 3.47. The normalized spacial score (nSPS) is 23.4. The molecule has 0 aromatic rings. The van der Waals surface area contributed by atoms with E-state index in [9.17, 15) is 9.59 Å². The Morgan fingerprint density at radius 2 is 2.15 bits per heavy atom. The lowest BCUT2D eigenvalue weighted by Crippen LogP contribution is -2.55. The maximum atomic E-state index is 11.5. The molecule has 0 saturated carbocycles. The average molecular weight is 200 g/mol. The van der Waals surface area contributed by atoms with Crippen molar-refractivity contribution in [3.05, 3.63) is 0 Å². The monoisotopic (exact) mass is 200 g/mol. The number of nitrogens with zero attached hydrogens (tertiary/aromatic N) is 1. The van der Waals surface area contributed by atoms with Gasteiger partial charge >= 0.3 is 6.03 Å². The lowest BCUT2D eigenvalue weighted by molar-refractivity contribution is -0.130. The number of amides is 3. The van der Waals surface area contributed by atoms with E-state index in [4.69, 9.17) is 12.2 Å². The smallest absolute Gasteiger partial charge is 0.301 e. The summed E-state index contributed by atoms with van der Waals surface area (Å²) in [5.74, 6) is -0.515. The van der Waals surface area contributed by atoms with Crippen LogP contribution in [-0.2, 0) is 4.79 Å². The lowest BCUT2D eigenvalue weighted by Gasteiger charge is -2.28. The molecule has 13 heavy (non-hydrogen) atoms. The van der Waals surface area contributed by atoms with Crippen molar-refractivity contribution in [3.8, 4) is 0 Å². The van der Waals surface area contributed by atoms with Crippen LogP contribution < -0.4 is 5.32 Å². The van der Waals surface area contributed by atoms with Crippen molar-refractivity contribution < 1.29 is 9.59 Å². The largest absolute Gasteiger partial charge is 0.328 e. The highest BCUT2D eigenvalue weighted by Crippen LogP contribution is 2.15. The second kappa shape index (κ2) is 3.83. The summed E-state index contributed by atoms with van der Waals surface area (Å²) in [7, 11) is 1.46. The van der Waals surface area contributed by atoms with Crippen molar-refractivity contribution >= 4 is 29.1 Å². The van der Waals surface area contributed by atoms with Crippen LogP contribution in [0.15, 0.2) is 0 Å². The van der Waals surface area contributed by atoms with E-state index in [1.54, 1.807) is 0 Å². The maximum Gasteiger partial charge on any atom is 0.328 e. The fraction of sp³-hybridized carbons (Fsp3) is 0.625. The molecule has 0 aliphatic carbocycles. The molecule has 0 aromatic heterocycles. The van der Waals surface area contributed by atoms with E-state index in [1.165, 1.54) is 7.05 Å².